The average molecular weight is 493 g/mol. The van der Waals surface area contributed by atoms with Crippen LogP contribution in [0, 0.1) is 29.0 Å². The molecule has 3 aliphatic rings. The van der Waals surface area contributed by atoms with Gasteiger partial charge in [-0.25, -0.2) is 4.39 Å². The van der Waals surface area contributed by atoms with Gasteiger partial charge in [-0.1, -0.05) is 12.1 Å². The number of amides is 2. The number of halogens is 1. The second-order valence-electron chi connectivity index (χ2n) is 10.5. The molecule has 5 rings (SSSR count). The number of hydrogen-bond acceptors (Lipinski definition) is 5. The predicted molar refractivity (Wildman–Crippen MR) is 132 cm³/mol. The number of fused-ring (bicyclic) bond motifs is 2. The molecule has 4 atom stereocenters. The summed E-state index contributed by atoms with van der Waals surface area (Å²) in [5.41, 5.74) is 1.95. The molecule has 2 saturated heterocycles. The Hall–Kier alpha value is -3.25. The number of piperidine rings is 2. The van der Waals surface area contributed by atoms with Crippen LogP contribution in [0.15, 0.2) is 30.6 Å². The SMILES string of the molecule is CC(=O)N1CCC(Cn2cc(-c3ccc(C[C@@H](C#N)NC(=O)[C@H]4N[C@@H]5CC[C@H]4C5)c(F)c3)cn2)CC1. The summed E-state index contributed by atoms with van der Waals surface area (Å²) in [4.78, 5) is 26.1. The number of aromatic nitrogens is 2. The van der Waals surface area contributed by atoms with Gasteiger partial charge in [-0.05, 0) is 61.1 Å². The standard InChI is InChI=1S/C27H33FN6O2/c1-17(35)33-8-6-18(7-9-33)15-34-16-22(14-30-34)19-2-3-20(25(28)12-19)10-24(13-29)32-27(36)26-21-4-5-23(11-21)31-26/h2-3,12,14,16,18,21,23-24,26,31H,4-11,15H2,1H3,(H,32,36)/t21-,23+,24-,26-/m0/s1. The fourth-order valence-electron chi connectivity index (χ4n) is 5.96. The van der Waals surface area contributed by atoms with Crippen molar-refractivity contribution in [1.29, 1.82) is 5.26 Å². The number of carbonyl (C=O) groups is 2. The maximum absolute atomic E-state index is 15.0. The van der Waals surface area contributed by atoms with Crippen LogP contribution in [-0.2, 0) is 22.6 Å². The highest BCUT2D eigenvalue weighted by Gasteiger charge is 2.43. The lowest BCUT2D eigenvalue weighted by Gasteiger charge is -2.31. The molecule has 3 heterocycles. The van der Waals surface area contributed by atoms with Gasteiger partial charge >= 0.3 is 0 Å². The van der Waals surface area contributed by atoms with Crippen molar-refractivity contribution >= 4 is 11.8 Å². The monoisotopic (exact) mass is 492 g/mol. The Labute approximate surface area is 210 Å². The number of benzene rings is 1. The molecule has 2 amide bonds. The number of likely N-dealkylation sites (tertiary alicyclic amines) is 1. The van der Waals surface area contributed by atoms with Crippen molar-refractivity contribution in [3.63, 3.8) is 0 Å². The third-order valence-electron chi connectivity index (χ3n) is 8.06. The van der Waals surface area contributed by atoms with E-state index in [1.54, 1.807) is 19.2 Å². The van der Waals surface area contributed by atoms with E-state index in [0.29, 0.717) is 23.4 Å². The third kappa shape index (κ3) is 5.29. The van der Waals surface area contributed by atoms with Crippen molar-refractivity contribution in [1.82, 2.24) is 25.3 Å². The number of carbonyl (C=O) groups excluding carboxylic acids is 2. The minimum Gasteiger partial charge on any atom is -0.343 e. The van der Waals surface area contributed by atoms with Gasteiger partial charge in [0.2, 0.25) is 11.8 Å². The molecule has 2 aliphatic heterocycles. The lowest BCUT2D eigenvalue weighted by Crippen LogP contribution is -2.50. The maximum Gasteiger partial charge on any atom is 0.238 e. The molecular weight excluding hydrogens is 459 g/mol. The molecule has 190 valence electrons. The van der Waals surface area contributed by atoms with E-state index in [9.17, 15) is 19.2 Å². The number of nitrogens with zero attached hydrogens (tertiary/aromatic N) is 4. The van der Waals surface area contributed by atoms with E-state index in [2.05, 4.69) is 21.8 Å². The second kappa shape index (κ2) is 10.4. The van der Waals surface area contributed by atoms with Gasteiger partial charge in [0.1, 0.15) is 11.9 Å². The number of hydrogen-bond donors (Lipinski definition) is 2. The minimum atomic E-state index is -0.782. The summed E-state index contributed by atoms with van der Waals surface area (Å²) in [6, 6.07) is 6.47. The molecular formula is C27H33FN6O2. The lowest BCUT2D eigenvalue weighted by atomic mass is 9.97. The van der Waals surface area contributed by atoms with Gasteiger partial charge in [0.25, 0.3) is 0 Å². The first kappa shape index (κ1) is 24.4. The topological polar surface area (TPSA) is 103 Å². The normalized spacial score (nSPS) is 24.5. The van der Waals surface area contributed by atoms with E-state index in [1.807, 2.05) is 21.8 Å². The van der Waals surface area contributed by atoms with E-state index < -0.39 is 11.9 Å². The van der Waals surface area contributed by atoms with Crippen LogP contribution in [0.4, 0.5) is 4.39 Å². The fraction of sp³-hybridized carbons (Fsp3) is 0.556. The zero-order valence-corrected chi connectivity index (χ0v) is 20.6. The van der Waals surface area contributed by atoms with Crippen LogP contribution in [0.2, 0.25) is 0 Å². The highest BCUT2D eigenvalue weighted by Crippen LogP contribution is 2.35. The molecule has 0 unspecified atom stereocenters. The molecule has 2 bridgehead atoms. The zero-order valence-electron chi connectivity index (χ0n) is 20.6. The third-order valence-corrected chi connectivity index (χ3v) is 8.06. The molecule has 1 aromatic heterocycles. The smallest absolute Gasteiger partial charge is 0.238 e. The molecule has 3 fully saturated rings. The number of rotatable bonds is 7. The summed E-state index contributed by atoms with van der Waals surface area (Å²) in [6.45, 7) is 3.94. The maximum atomic E-state index is 15.0. The highest BCUT2D eigenvalue weighted by molar-refractivity contribution is 5.83. The van der Waals surface area contributed by atoms with Crippen molar-refractivity contribution in [2.75, 3.05) is 13.1 Å². The molecule has 1 saturated carbocycles. The van der Waals surface area contributed by atoms with E-state index in [-0.39, 0.29) is 24.3 Å². The summed E-state index contributed by atoms with van der Waals surface area (Å²) < 4.78 is 16.9. The van der Waals surface area contributed by atoms with Gasteiger partial charge in [0, 0.05) is 50.8 Å². The quantitative estimate of drug-likeness (QED) is 0.619. The average Bonchev–Trinajstić information content (AvgIpc) is 3.63. The second-order valence-corrected chi connectivity index (χ2v) is 10.5. The Balaban J connectivity index is 1.17. The van der Waals surface area contributed by atoms with Gasteiger partial charge in [-0.15, -0.1) is 0 Å². The summed E-state index contributed by atoms with van der Waals surface area (Å²) in [7, 11) is 0. The van der Waals surface area contributed by atoms with Crippen molar-refractivity contribution in [3.8, 4) is 17.2 Å². The summed E-state index contributed by atoms with van der Waals surface area (Å²) in [5.74, 6) is 0.357. The Morgan fingerprint density at radius 3 is 2.69 bits per heavy atom. The Kier molecular flexibility index (Phi) is 7.06. The minimum absolute atomic E-state index is 0.118. The molecule has 0 spiro atoms. The largest absolute Gasteiger partial charge is 0.343 e. The number of nitriles is 1. The number of nitrogens with one attached hydrogen (secondary N) is 2. The van der Waals surface area contributed by atoms with Crippen molar-refractivity contribution < 1.29 is 14.0 Å². The van der Waals surface area contributed by atoms with E-state index >= 15 is 0 Å². The summed E-state index contributed by atoms with van der Waals surface area (Å²) >= 11 is 0. The van der Waals surface area contributed by atoms with Gasteiger partial charge < -0.3 is 15.5 Å². The molecule has 0 radical (unpaired) electrons. The molecule has 36 heavy (non-hydrogen) atoms. The Morgan fingerprint density at radius 2 is 2.06 bits per heavy atom. The predicted octanol–water partition coefficient (Wildman–Crippen LogP) is 2.64. The van der Waals surface area contributed by atoms with Gasteiger partial charge in [-0.3, -0.25) is 14.3 Å². The van der Waals surface area contributed by atoms with Crippen molar-refractivity contribution in [3.05, 3.63) is 42.0 Å². The van der Waals surface area contributed by atoms with Crippen LogP contribution in [0.5, 0.6) is 0 Å². The van der Waals surface area contributed by atoms with E-state index in [0.717, 1.165) is 62.9 Å². The van der Waals surface area contributed by atoms with Gasteiger partial charge in [0.05, 0.1) is 18.3 Å². The summed E-state index contributed by atoms with van der Waals surface area (Å²) in [6.07, 6.45) is 8.84. The van der Waals surface area contributed by atoms with Crippen LogP contribution in [-0.4, -0.2) is 57.7 Å². The lowest BCUT2D eigenvalue weighted by molar-refractivity contribution is -0.130. The Bertz CT molecular complexity index is 1170. The molecule has 9 heteroatoms. The summed E-state index contributed by atoms with van der Waals surface area (Å²) in [5, 5.41) is 20.2. The first-order valence-corrected chi connectivity index (χ1v) is 12.9. The zero-order chi connectivity index (χ0) is 25.2. The van der Waals surface area contributed by atoms with Crippen molar-refractivity contribution in [2.24, 2.45) is 11.8 Å². The van der Waals surface area contributed by atoms with Crippen LogP contribution < -0.4 is 10.6 Å². The molecule has 8 nitrogen and oxygen atoms in total. The first-order valence-electron chi connectivity index (χ1n) is 12.9. The van der Waals surface area contributed by atoms with E-state index in [1.165, 1.54) is 6.07 Å². The van der Waals surface area contributed by atoms with E-state index in [4.69, 9.17) is 0 Å². The molecule has 2 N–H and O–H groups in total. The molecule has 1 aliphatic carbocycles. The van der Waals surface area contributed by atoms with Gasteiger partial charge in [-0.2, -0.15) is 10.4 Å². The molecule has 2 aromatic rings. The van der Waals surface area contributed by atoms with Gasteiger partial charge in [0.15, 0.2) is 0 Å². The Morgan fingerprint density at radius 1 is 1.25 bits per heavy atom. The van der Waals surface area contributed by atoms with Crippen LogP contribution in [0.25, 0.3) is 11.1 Å². The van der Waals surface area contributed by atoms with Crippen LogP contribution in [0.3, 0.4) is 0 Å². The first-order chi connectivity index (χ1) is 17.4. The van der Waals surface area contributed by atoms with Crippen molar-refractivity contribution in [2.45, 2.75) is 70.1 Å². The van der Waals surface area contributed by atoms with Crippen LogP contribution in [0.1, 0.15) is 44.6 Å². The fourth-order valence-corrected chi connectivity index (χ4v) is 5.96. The highest BCUT2D eigenvalue weighted by atomic mass is 19.1. The van der Waals surface area contributed by atoms with Crippen LogP contribution >= 0.6 is 0 Å². The molecule has 1 aromatic carbocycles.